The van der Waals surface area contributed by atoms with E-state index in [9.17, 15) is 14.4 Å². The number of nitrogens with one attached hydrogen (secondary N) is 4. The zero-order valence-electron chi connectivity index (χ0n) is 16.9. The Kier molecular flexibility index (Phi) is 5.81. The van der Waals surface area contributed by atoms with Crippen molar-refractivity contribution < 1.29 is 14.4 Å². The molecule has 0 fully saturated rings. The monoisotopic (exact) mass is 439 g/mol. The Hall–Kier alpha value is -3.52. The van der Waals surface area contributed by atoms with Crippen molar-refractivity contribution in [3.8, 4) is 0 Å². The van der Waals surface area contributed by atoms with Gasteiger partial charge in [0, 0.05) is 46.5 Å². The molecule has 9 heteroatoms. The Labute approximate surface area is 183 Å². The molecule has 4 N–H and O–H groups in total. The third kappa shape index (κ3) is 4.80. The minimum atomic E-state index is -0.335. The van der Waals surface area contributed by atoms with E-state index in [1.807, 2.05) is 18.2 Å². The molecule has 0 spiro atoms. The van der Waals surface area contributed by atoms with Crippen molar-refractivity contribution in [2.75, 3.05) is 23.7 Å². The first-order chi connectivity index (χ1) is 14.9. The largest absolute Gasteiger partial charge is 0.357 e. The van der Waals surface area contributed by atoms with Crippen molar-refractivity contribution in [3.63, 3.8) is 0 Å². The lowest BCUT2D eigenvalue weighted by Gasteiger charge is -2.27. The van der Waals surface area contributed by atoms with Crippen molar-refractivity contribution in [2.24, 2.45) is 0 Å². The highest BCUT2D eigenvalue weighted by Gasteiger charge is 2.24. The summed E-state index contributed by atoms with van der Waals surface area (Å²) < 4.78 is 0. The molecule has 3 aromatic rings. The van der Waals surface area contributed by atoms with Crippen LogP contribution in [0.25, 0.3) is 10.9 Å². The van der Waals surface area contributed by atoms with E-state index >= 15 is 0 Å². The highest BCUT2D eigenvalue weighted by atomic mass is 35.5. The molecule has 0 bridgehead atoms. The number of aromatic amines is 1. The number of nitrogens with zero attached hydrogens (tertiary/aromatic N) is 1. The molecule has 1 aliphatic rings. The summed E-state index contributed by atoms with van der Waals surface area (Å²) >= 11 is 6.11. The normalized spacial score (nSPS) is 12.9. The van der Waals surface area contributed by atoms with E-state index in [0.717, 1.165) is 23.0 Å². The minimum absolute atomic E-state index is 0.141. The van der Waals surface area contributed by atoms with Crippen LogP contribution < -0.4 is 16.0 Å². The number of hydrogen-bond donors (Lipinski definition) is 4. The summed E-state index contributed by atoms with van der Waals surface area (Å²) in [5.41, 5.74) is 4.39. The number of urea groups is 1. The van der Waals surface area contributed by atoms with Crippen LogP contribution in [0.4, 0.5) is 16.2 Å². The van der Waals surface area contributed by atoms with Gasteiger partial charge in [-0.2, -0.15) is 0 Å². The molecule has 0 saturated carbocycles. The van der Waals surface area contributed by atoms with Gasteiger partial charge < -0.3 is 25.8 Å². The lowest BCUT2D eigenvalue weighted by atomic mass is 10.0. The second kappa shape index (κ2) is 8.69. The number of anilines is 2. The maximum atomic E-state index is 12.5. The quantitative estimate of drug-likeness (QED) is 0.500. The number of carbonyl (C=O) groups excluding carboxylic acids is 3. The van der Waals surface area contributed by atoms with E-state index < -0.39 is 0 Å². The van der Waals surface area contributed by atoms with Crippen molar-refractivity contribution in [1.29, 1.82) is 0 Å². The van der Waals surface area contributed by atoms with Gasteiger partial charge >= 0.3 is 6.03 Å². The Balaban J connectivity index is 1.30. The van der Waals surface area contributed by atoms with Crippen LogP contribution in [-0.2, 0) is 22.6 Å². The van der Waals surface area contributed by atoms with Crippen molar-refractivity contribution in [1.82, 2.24) is 15.2 Å². The van der Waals surface area contributed by atoms with E-state index in [0.29, 0.717) is 29.5 Å². The average Bonchev–Trinajstić information content (AvgIpc) is 3.10. The van der Waals surface area contributed by atoms with Crippen LogP contribution in [0.15, 0.2) is 42.5 Å². The van der Waals surface area contributed by atoms with Crippen molar-refractivity contribution in [3.05, 3.63) is 58.7 Å². The lowest BCUT2D eigenvalue weighted by molar-refractivity contribution is -0.115. The number of rotatable bonds is 4. The van der Waals surface area contributed by atoms with Crippen LogP contribution in [0.3, 0.4) is 0 Å². The molecule has 0 unspecified atom stereocenters. The molecule has 8 nitrogen and oxygen atoms in total. The van der Waals surface area contributed by atoms with Crippen LogP contribution in [0.2, 0.25) is 5.02 Å². The number of fused-ring (bicyclic) bond motifs is 3. The van der Waals surface area contributed by atoms with Gasteiger partial charge in [0.1, 0.15) is 0 Å². The van der Waals surface area contributed by atoms with E-state index in [-0.39, 0.29) is 24.4 Å². The predicted octanol–water partition coefficient (Wildman–Crippen LogP) is 3.49. The second-order valence-corrected chi connectivity index (χ2v) is 7.85. The molecule has 31 heavy (non-hydrogen) atoms. The van der Waals surface area contributed by atoms with Gasteiger partial charge in [0.15, 0.2) is 0 Å². The average molecular weight is 440 g/mol. The minimum Gasteiger partial charge on any atom is -0.357 e. The van der Waals surface area contributed by atoms with Crippen LogP contribution in [-0.4, -0.2) is 40.8 Å². The lowest BCUT2D eigenvalue weighted by Crippen LogP contribution is -2.45. The molecular weight excluding hydrogens is 418 g/mol. The van der Waals surface area contributed by atoms with Crippen LogP contribution in [0.5, 0.6) is 0 Å². The molecule has 1 aromatic heterocycles. The fraction of sp³-hybridized carbons (Fsp3) is 0.227. The molecule has 0 radical (unpaired) electrons. The number of halogens is 1. The number of H-pyrrole nitrogens is 1. The zero-order valence-corrected chi connectivity index (χ0v) is 17.7. The fourth-order valence-corrected chi connectivity index (χ4v) is 3.87. The first-order valence-electron chi connectivity index (χ1n) is 9.88. The third-order valence-corrected chi connectivity index (χ3v) is 5.35. The first-order valence-corrected chi connectivity index (χ1v) is 10.3. The van der Waals surface area contributed by atoms with Crippen LogP contribution in [0.1, 0.15) is 18.2 Å². The highest BCUT2D eigenvalue weighted by molar-refractivity contribution is 6.31. The number of hydrogen-bond acceptors (Lipinski definition) is 3. The van der Waals surface area contributed by atoms with Gasteiger partial charge in [0.05, 0.1) is 13.1 Å². The third-order valence-electron chi connectivity index (χ3n) is 5.11. The number of benzene rings is 2. The smallest absolute Gasteiger partial charge is 0.318 e. The van der Waals surface area contributed by atoms with Crippen LogP contribution >= 0.6 is 11.6 Å². The van der Waals surface area contributed by atoms with Gasteiger partial charge in [-0.05, 0) is 54.4 Å². The van der Waals surface area contributed by atoms with Gasteiger partial charge in [0.25, 0.3) is 0 Å². The Morgan fingerprint density at radius 2 is 1.77 bits per heavy atom. The number of amides is 4. The highest BCUT2D eigenvalue weighted by Crippen LogP contribution is 2.29. The molecule has 2 aromatic carbocycles. The van der Waals surface area contributed by atoms with E-state index in [1.165, 1.54) is 12.5 Å². The summed E-state index contributed by atoms with van der Waals surface area (Å²) in [5, 5.41) is 9.81. The second-order valence-electron chi connectivity index (χ2n) is 7.41. The van der Waals surface area contributed by atoms with Gasteiger partial charge in [-0.15, -0.1) is 0 Å². The summed E-state index contributed by atoms with van der Waals surface area (Å²) in [5.74, 6) is -0.501. The summed E-state index contributed by atoms with van der Waals surface area (Å²) in [6.07, 6.45) is 0.718. The first kappa shape index (κ1) is 20.7. The van der Waals surface area contributed by atoms with Gasteiger partial charge in [0.2, 0.25) is 11.8 Å². The molecular formula is C22H22ClN5O3. The molecule has 1 aliphatic heterocycles. The Morgan fingerprint density at radius 3 is 2.48 bits per heavy atom. The molecule has 4 amide bonds. The molecule has 4 rings (SSSR count). The maximum absolute atomic E-state index is 12.5. The topological polar surface area (TPSA) is 106 Å². The van der Waals surface area contributed by atoms with Crippen molar-refractivity contribution in [2.45, 2.75) is 19.9 Å². The van der Waals surface area contributed by atoms with Crippen molar-refractivity contribution >= 4 is 51.7 Å². The SMILES string of the molecule is CC(=O)Nc1ccc(NC(=O)CNC(=O)N2CCc3c([nH]c4ccc(Cl)cc34)C2)cc1. The predicted molar refractivity (Wildman–Crippen MR) is 120 cm³/mol. The molecule has 0 aliphatic carbocycles. The fourth-order valence-electron chi connectivity index (χ4n) is 3.70. The molecule has 0 atom stereocenters. The van der Waals surface area contributed by atoms with Crippen LogP contribution in [0, 0.1) is 0 Å². The Morgan fingerprint density at radius 1 is 1.06 bits per heavy atom. The van der Waals surface area contributed by atoms with Gasteiger partial charge in [-0.3, -0.25) is 9.59 Å². The van der Waals surface area contributed by atoms with E-state index in [4.69, 9.17) is 11.6 Å². The zero-order chi connectivity index (χ0) is 22.0. The summed E-state index contributed by atoms with van der Waals surface area (Å²) in [6.45, 7) is 2.29. The summed E-state index contributed by atoms with van der Waals surface area (Å²) in [6, 6.07) is 12.2. The van der Waals surface area contributed by atoms with E-state index in [1.54, 1.807) is 29.2 Å². The molecule has 2 heterocycles. The van der Waals surface area contributed by atoms with Gasteiger partial charge in [-0.1, -0.05) is 11.6 Å². The molecule has 0 saturated heterocycles. The summed E-state index contributed by atoms with van der Waals surface area (Å²) in [4.78, 5) is 40.8. The number of carbonyl (C=O) groups is 3. The summed E-state index contributed by atoms with van der Waals surface area (Å²) in [7, 11) is 0. The Bertz CT molecular complexity index is 1160. The van der Waals surface area contributed by atoms with Gasteiger partial charge in [-0.25, -0.2) is 4.79 Å². The number of aromatic nitrogens is 1. The maximum Gasteiger partial charge on any atom is 0.318 e. The van der Waals surface area contributed by atoms with E-state index in [2.05, 4.69) is 20.9 Å². The molecule has 160 valence electrons. The standard InChI is InChI=1S/C22H22ClN5O3/c1-13(29)25-15-3-5-16(6-4-15)26-21(30)11-24-22(31)28-9-8-17-18-10-14(23)2-7-19(18)27-20(17)12-28/h2-7,10,27H,8-9,11-12H2,1H3,(H,24,31)(H,25,29)(H,26,30).